The summed E-state index contributed by atoms with van der Waals surface area (Å²) in [6.07, 6.45) is -31.9. The van der Waals surface area contributed by atoms with Gasteiger partial charge in [-0.25, -0.2) is 9.59 Å². The highest BCUT2D eigenvalue weighted by atomic mass is 19.4. The van der Waals surface area contributed by atoms with Crippen LogP contribution in [-0.4, -0.2) is 82.0 Å². The number of carboxylic acid groups (broad SMARTS) is 2. The maximum Gasteiger partial charge on any atom is 0.430 e. The first kappa shape index (κ1) is 50.1. The van der Waals surface area contributed by atoms with Crippen molar-refractivity contribution < 1.29 is 110 Å². The number of amides is 1. The SMILES string of the molecule is CNc1cc(Oc2cc(NC(=O)c3cc(C(c4ccc(C(=O)O)c(C(C)=O)c4)C(F)(F)F)ccc3C(=O)O)cc(C(O)(C(F)(F)F)C(F)(F)F)c2)cc(C(O)(C(F)(F)F)C(F)(F)F)c1. The molecule has 64 heavy (non-hydrogen) atoms. The van der Waals surface area contributed by atoms with Gasteiger partial charge in [0.05, 0.1) is 16.7 Å². The van der Waals surface area contributed by atoms with Gasteiger partial charge in [-0.05, 0) is 66.6 Å². The number of carboxylic acids is 2. The fourth-order valence-corrected chi connectivity index (χ4v) is 6.17. The number of alkyl halides is 15. The number of hydrogen-bond donors (Lipinski definition) is 6. The van der Waals surface area contributed by atoms with E-state index in [1.54, 1.807) is 5.32 Å². The Kier molecular flexibility index (Phi) is 13.2. The minimum Gasteiger partial charge on any atom is -0.478 e. The lowest BCUT2D eigenvalue weighted by Crippen LogP contribution is -2.54. The number of ketones is 1. The van der Waals surface area contributed by atoms with Crippen molar-refractivity contribution >= 4 is 35.0 Å². The van der Waals surface area contributed by atoms with E-state index in [9.17, 15) is 105 Å². The number of ether oxygens (including phenoxy) is 1. The van der Waals surface area contributed by atoms with Crippen LogP contribution >= 0.6 is 0 Å². The number of carbonyl (C=O) groups is 4. The first-order chi connectivity index (χ1) is 29.0. The zero-order valence-electron chi connectivity index (χ0n) is 31.5. The molecule has 1 amide bonds. The van der Waals surface area contributed by atoms with Gasteiger partial charge in [0.25, 0.3) is 17.1 Å². The third-order valence-corrected chi connectivity index (χ3v) is 9.24. The Morgan fingerprint density at radius 1 is 0.531 bits per heavy atom. The van der Waals surface area contributed by atoms with Crippen LogP contribution in [0.15, 0.2) is 72.8 Å². The van der Waals surface area contributed by atoms with E-state index in [0.29, 0.717) is 36.4 Å². The van der Waals surface area contributed by atoms with Crippen molar-refractivity contribution in [3.05, 3.63) is 117 Å². The number of rotatable bonds is 12. The summed E-state index contributed by atoms with van der Waals surface area (Å²) in [7, 11) is 0.903. The van der Waals surface area contributed by atoms with Gasteiger partial charge in [-0.3, -0.25) is 9.59 Å². The number of nitrogens with one attached hydrogen (secondary N) is 2. The van der Waals surface area contributed by atoms with Crippen LogP contribution in [0.5, 0.6) is 11.5 Å². The van der Waals surface area contributed by atoms with Crippen molar-refractivity contribution in [1.29, 1.82) is 0 Å². The average Bonchev–Trinajstić information content (AvgIpc) is 3.14. The second-order valence-corrected chi connectivity index (χ2v) is 13.5. The van der Waals surface area contributed by atoms with Gasteiger partial charge in [0.15, 0.2) is 5.78 Å². The Labute approximate surface area is 346 Å². The molecular formula is C38H25F15N2O9. The molecular weight excluding hydrogens is 913 g/mol. The predicted octanol–water partition coefficient (Wildman–Crippen LogP) is 9.69. The largest absolute Gasteiger partial charge is 0.478 e. The van der Waals surface area contributed by atoms with Crippen molar-refractivity contribution in [1.82, 2.24) is 0 Å². The van der Waals surface area contributed by atoms with Crippen molar-refractivity contribution in [3.63, 3.8) is 0 Å². The van der Waals surface area contributed by atoms with E-state index in [0.717, 1.165) is 14.0 Å². The van der Waals surface area contributed by atoms with Gasteiger partial charge in [0, 0.05) is 47.2 Å². The molecule has 26 heteroatoms. The quantitative estimate of drug-likeness (QED) is 0.0591. The summed E-state index contributed by atoms with van der Waals surface area (Å²) >= 11 is 0. The number of benzene rings is 4. The van der Waals surface area contributed by atoms with Crippen molar-refractivity contribution in [3.8, 4) is 11.5 Å². The van der Waals surface area contributed by atoms with Crippen LogP contribution in [0.1, 0.15) is 76.5 Å². The fraction of sp³-hybridized carbons (Fsp3) is 0.263. The number of halogens is 15. The molecule has 4 rings (SSSR count). The molecule has 0 heterocycles. The molecule has 0 aromatic heterocycles. The van der Waals surface area contributed by atoms with E-state index in [1.165, 1.54) is 0 Å². The Hall–Kier alpha value is -6.57. The highest BCUT2D eigenvalue weighted by molar-refractivity contribution is 6.11. The van der Waals surface area contributed by atoms with Gasteiger partial charge in [-0.15, -0.1) is 0 Å². The minimum absolute atomic E-state index is 0.0901. The van der Waals surface area contributed by atoms with E-state index < -0.39 is 139 Å². The maximum absolute atomic E-state index is 14.7. The summed E-state index contributed by atoms with van der Waals surface area (Å²) in [6.45, 7) is 0.811. The molecule has 11 nitrogen and oxygen atoms in total. The summed E-state index contributed by atoms with van der Waals surface area (Å²) in [5, 5.41) is 43.0. The van der Waals surface area contributed by atoms with E-state index >= 15 is 0 Å². The number of anilines is 2. The lowest BCUT2D eigenvalue weighted by molar-refractivity contribution is -0.376. The van der Waals surface area contributed by atoms with Gasteiger partial charge >= 0.3 is 42.8 Å². The van der Waals surface area contributed by atoms with E-state index in [1.807, 2.05) is 0 Å². The zero-order chi connectivity index (χ0) is 48.9. The summed E-state index contributed by atoms with van der Waals surface area (Å²) in [5.41, 5.74) is -23.9. The van der Waals surface area contributed by atoms with Gasteiger partial charge in [-0.1, -0.05) is 12.1 Å². The predicted molar refractivity (Wildman–Crippen MR) is 187 cm³/mol. The van der Waals surface area contributed by atoms with Crippen LogP contribution in [0.3, 0.4) is 0 Å². The molecule has 4 aromatic rings. The van der Waals surface area contributed by atoms with Crippen molar-refractivity contribution in [2.75, 3.05) is 17.7 Å². The fourth-order valence-electron chi connectivity index (χ4n) is 6.17. The average molecular weight is 939 g/mol. The summed E-state index contributed by atoms with van der Waals surface area (Å²) in [5.74, 6) is -12.4. The Morgan fingerprint density at radius 3 is 1.27 bits per heavy atom. The monoisotopic (exact) mass is 938 g/mol. The van der Waals surface area contributed by atoms with Crippen LogP contribution in [-0.2, 0) is 11.2 Å². The first-order valence-corrected chi connectivity index (χ1v) is 17.0. The molecule has 0 aliphatic carbocycles. The minimum atomic E-state index is -6.72. The number of carbonyl (C=O) groups excluding carboxylic acids is 2. The first-order valence-electron chi connectivity index (χ1n) is 17.0. The van der Waals surface area contributed by atoms with Gasteiger partial charge in [0.1, 0.15) is 17.4 Å². The molecule has 1 unspecified atom stereocenters. The highest BCUT2D eigenvalue weighted by Crippen LogP contribution is 2.53. The summed E-state index contributed by atoms with van der Waals surface area (Å²) in [4.78, 5) is 49.5. The molecule has 0 aliphatic rings. The smallest absolute Gasteiger partial charge is 0.430 e. The third-order valence-electron chi connectivity index (χ3n) is 9.24. The van der Waals surface area contributed by atoms with Gasteiger partial charge < -0.3 is 35.8 Å². The molecule has 0 fully saturated rings. The van der Waals surface area contributed by atoms with Gasteiger partial charge in [0.2, 0.25) is 0 Å². The number of aliphatic hydroxyl groups is 2. The second-order valence-electron chi connectivity index (χ2n) is 13.5. The van der Waals surface area contributed by atoms with Gasteiger partial charge in [-0.2, -0.15) is 65.9 Å². The Morgan fingerprint density at radius 2 is 0.906 bits per heavy atom. The van der Waals surface area contributed by atoms with E-state index in [4.69, 9.17) is 4.74 Å². The third kappa shape index (κ3) is 9.51. The molecule has 6 N–H and O–H groups in total. The van der Waals surface area contributed by atoms with Crippen LogP contribution in [0.25, 0.3) is 0 Å². The van der Waals surface area contributed by atoms with Crippen LogP contribution in [0.4, 0.5) is 77.2 Å². The molecule has 0 saturated heterocycles. The van der Waals surface area contributed by atoms with E-state index in [-0.39, 0.29) is 36.4 Å². The molecule has 0 aliphatic heterocycles. The lowest BCUT2D eigenvalue weighted by atomic mass is 9.86. The highest BCUT2D eigenvalue weighted by Gasteiger charge is 2.72. The molecule has 0 bridgehead atoms. The molecule has 0 spiro atoms. The van der Waals surface area contributed by atoms with Crippen LogP contribution in [0, 0.1) is 0 Å². The topological polar surface area (TPSA) is 182 Å². The normalized spacial score (nSPS) is 13.5. The Balaban J connectivity index is 1.97. The number of aromatic carboxylic acids is 2. The van der Waals surface area contributed by atoms with Crippen LogP contribution < -0.4 is 15.4 Å². The second kappa shape index (κ2) is 16.9. The lowest BCUT2D eigenvalue weighted by Gasteiger charge is -2.33. The van der Waals surface area contributed by atoms with Crippen LogP contribution in [0.2, 0.25) is 0 Å². The molecule has 346 valence electrons. The van der Waals surface area contributed by atoms with Crippen molar-refractivity contribution in [2.45, 2.75) is 54.9 Å². The Bertz CT molecular complexity index is 2470. The standard InChI is InChI=1S/C38H25F15N2O9/c1-15(56)26-7-16(3-5-24(26)30(58)59)28(34(39,40)41)17-4-6-25(31(60)61)27(8-17)29(57)55-21-10-19(33(63,37(48,49)50)38(51,52)53)12-23(14-21)64-22-11-18(9-20(13-22)54-2)32(62,35(42,43)44)36(45,46)47/h3-14,28,54,62-63H,1-2H3,(H,55,57)(H,58,59)(H,60,61). The molecule has 1 atom stereocenters. The van der Waals surface area contributed by atoms with Crippen molar-refractivity contribution in [2.24, 2.45) is 0 Å². The zero-order valence-corrected chi connectivity index (χ0v) is 31.5. The number of hydrogen-bond acceptors (Lipinski definition) is 8. The van der Waals surface area contributed by atoms with E-state index in [2.05, 4.69) is 5.32 Å². The number of Topliss-reactive ketones (excluding diaryl/α,β-unsaturated/α-hetero) is 1. The maximum atomic E-state index is 14.7. The molecule has 0 radical (unpaired) electrons. The summed E-state index contributed by atoms with van der Waals surface area (Å²) < 4.78 is 216. The summed E-state index contributed by atoms with van der Waals surface area (Å²) in [6, 6.07) is 3.13. The molecule has 4 aromatic carbocycles. The molecule has 0 saturated carbocycles.